The summed E-state index contributed by atoms with van der Waals surface area (Å²) in [7, 11) is 0. The smallest absolute Gasteiger partial charge is 0.152 e. The van der Waals surface area contributed by atoms with Gasteiger partial charge in [0.05, 0.1) is 5.69 Å². The average Bonchev–Trinajstić information content (AvgIpc) is 2.80. The normalized spacial score (nSPS) is 12.8. The van der Waals surface area contributed by atoms with Gasteiger partial charge in [0.15, 0.2) is 5.82 Å². The van der Waals surface area contributed by atoms with Crippen molar-refractivity contribution < 1.29 is 0 Å². The van der Waals surface area contributed by atoms with Crippen molar-refractivity contribution in [3.63, 3.8) is 0 Å². The minimum absolute atomic E-state index is 0.728. The molecule has 2 aromatic heterocycles. The maximum absolute atomic E-state index is 4.43. The van der Waals surface area contributed by atoms with E-state index in [-0.39, 0.29) is 0 Å². The molecule has 0 fully saturated rings. The Morgan fingerprint density at radius 1 is 1.37 bits per heavy atom. The molecule has 0 radical (unpaired) electrons. The molecule has 0 bridgehead atoms. The molecule has 2 aromatic rings. The first-order chi connectivity index (χ1) is 9.24. The number of nitrogens with zero attached hydrogens (tertiary/aromatic N) is 3. The van der Waals surface area contributed by atoms with Crippen LogP contribution in [0.15, 0.2) is 18.5 Å². The van der Waals surface area contributed by atoms with Gasteiger partial charge in [0.1, 0.15) is 5.52 Å². The second-order valence-corrected chi connectivity index (χ2v) is 5.19. The second kappa shape index (κ2) is 6.55. The highest BCUT2D eigenvalue weighted by Crippen LogP contribution is 2.17. The summed E-state index contributed by atoms with van der Waals surface area (Å²) in [6.07, 6.45) is 8.78. The maximum Gasteiger partial charge on any atom is 0.152 e. The predicted octanol–water partition coefficient (Wildman–Crippen LogP) is 3.67. The van der Waals surface area contributed by atoms with Crippen molar-refractivity contribution in [2.75, 3.05) is 11.9 Å². The first-order valence-corrected chi connectivity index (χ1v) is 7.29. The predicted molar refractivity (Wildman–Crippen MR) is 79.5 cm³/mol. The Kier molecular flexibility index (Phi) is 4.77. The molecule has 4 heteroatoms. The van der Waals surface area contributed by atoms with Gasteiger partial charge in [-0.25, -0.2) is 9.50 Å². The number of fused-ring (bicyclic) bond motifs is 1. The lowest BCUT2D eigenvalue weighted by Crippen LogP contribution is -2.15. The number of rotatable bonds is 7. The third-order valence-corrected chi connectivity index (χ3v) is 3.61. The Morgan fingerprint density at radius 2 is 2.21 bits per heavy atom. The number of anilines is 1. The van der Waals surface area contributed by atoms with Crippen molar-refractivity contribution in [1.29, 1.82) is 0 Å². The molecule has 0 aliphatic rings. The topological polar surface area (TPSA) is 42.2 Å². The maximum atomic E-state index is 4.43. The van der Waals surface area contributed by atoms with E-state index in [9.17, 15) is 0 Å². The summed E-state index contributed by atoms with van der Waals surface area (Å²) in [5.41, 5.74) is 2.08. The van der Waals surface area contributed by atoms with E-state index in [0.717, 1.165) is 29.5 Å². The van der Waals surface area contributed by atoms with Crippen LogP contribution in [-0.2, 0) is 0 Å². The lowest BCUT2D eigenvalue weighted by atomic mass is 9.99. The van der Waals surface area contributed by atoms with E-state index in [0.29, 0.717) is 0 Å². The minimum Gasteiger partial charge on any atom is -0.368 e. The summed E-state index contributed by atoms with van der Waals surface area (Å²) in [5.74, 6) is 1.67. The molecule has 2 heterocycles. The molecule has 0 saturated carbocycles. The van der Waals surface area contributed by atoms with Gasteiger partial charge in [0.2, 0.25) is 0 Å². The third-order valence-electron chi connectivity index (χ3n) is 3.61. The van der Waals surface area contributed by atoms with Crippen molar-refractivity contribution in [1.82, 2.24) is 14.6 Å². The highest BCUT2D eigenvalue weighted by atomic mass is 15.2. The SMILES string of the molecule is CCCCC(CC)CNc1nccn2nc(C)cc12. The van der Waals surface area contributed by atoms with E-state index in [2.05, 4.69) is 35.3 Å². The Hall–Kier alpha value is -1.58. The molecular weight excluding hydrogens is 236 g/mol. The van der Waals surface area contributed by atoms with E-state index in [1.54, 1.807) is 6.20 Å². The molecule has 4 nitrogen and oxygen atoms in total. The lowest BCUT2D eigenvalue weighted by Gasteiger charge is -2.15. The zero-order valence-corrected chi connectivity index (χ0v) is 12.2. The van der Waals surface area contributed by atoms with Crippen LogP contribution in [0.3, 0.4) is 0 Å². The zero-order valence-electron chi connectivity index (χ0n) is 12.2. The largest absolute Gasteiger partial charge is 0.368 e. The van der Waals surface area contributed by atoms with Crippen LogP contribution < -0.4 is 5.32 Å². The number of hydrogen-bond donors (Lipinski definition) is 1. The summed E-state index contributed by atoms with van der Waals surface area (Å²) >= 11 is 0. The van der Waals surface area contributed by atoms with E-state index in [4.69, 9.17) is 0 Å². The number of aromatic nitrogens is 3. The molecule has 19 heavy (non-hydrogen) atoms. The van der Waals surface area contributed by atoms with E-state index in [1.807, 2.05) is 17.6 Å². The Bertz CT molecular complexity index is 518. The summed E-state index contributed by atoms with van der Waals surface area (Å²) < 4.78 is 1.89. The molecule has 1 unspecified atom stereocenters. The van der Waals surface area contributed by atoms with Crippen molar-refractivity contribution in [2.24, 2.45) is 5.92 Å². The summed E-state index contributed by atoms with van der Waals surface area (Å²) in [6, 6.07) is 2.07. The Labute approximate surface area is 115 Å². The molecule has 0 amide bonds. The third kappa shape index (κ3) is 3.46. The molecule has 0 spiro atoms. The zero-order chi connectivity index (χ0) is 13.7. The summed E-state index contributed by atoms with van der Waals surface area (Å²) in [4.78, 5) is 4.43. The van der Waals surface area contributed by atoms with Gasteiger partial charge < -0.3 is 5.32 Å². The first-order valence-electron chi connectivity index (χ1n) is 7.29. The summed E-state index contributed by atoms with van der Waals surface area (Å²) in [6.45, 7) is 7.51. The van der Waals surface area contributed by atoms with Crippen molar-refractivity contribution >= 4 is 11.3 Å². The Morgan fingerprint density at radius 3 is 2.95 bits per heavy atom. The van der Waals surface area contributed by atoms with Gasteiger partial charge in [-0.3, -0.25) is 0 Å². The van der Waals surface area contributed by atoms with Crippen LogP contribution in [0.1, 0.15) is 45.2 Å². The highest BCUT2D eigenvalue weighted by Gasteiger charge is 2.09. The van der Waals surface area contributed by atoms with Crippen LogP contribution in [-0.4, -0.2) is 21.1 Å². The first kappa shape index (κ1) is 13.8. The van der Waals surface area contributed by atoms with Gasteiger partial charge in [0, 0.05) is 18.9 Å². The van der Waals surface area contributed by atoms with Crippen LogP contribution in [0.2, 0.25) is 0 Å². The van der Waals surface area contributed by atoms with E-state index in [1.165, 1.54) is 25.7 Å². The number of unbranched alkanes of at least 4 members (excludes halogenated alkanes) is 1. The molecule has 1 atom stereocenters. The highest BCUT2D eigenvalue weighted by molar-refractivity contribution is 5.67. The second-order valence-electron chi connectivity index (χ2n) is 5.19. The van der Waals surface area contributed by atoms with Gasteiger partial charge in [-0.05, 0) is 25.3 Å². The van der Waals surface area contributed by atoms with Gasteiger partial charge >= 0.3 is 0 Å². The average molecular weight is 260 g/mol. The standard InChI is InChI=1S/C15H24N4/c1-4-6-7-13(5-2)11-17-15-14-10-12(3)18-19(14)9-8-16-15/h8-10,13H,4-7,11H2,1-3H3,(H,16,17). The monoisotopic (exact) mass is 260 g/mol. The van der Waals surface area contributed by atoms with Crippen LogP contribution in [0.4, 0.5) is 5.82 Å². The van der Waals surface area contributed by atoms with Crippen LogP contribution >= 0.6 is 0 Å². The molecule has 1 N–H and O–H groups in total. The molecular formula is C15H24N4. The lowest BCUT2D eigenvalue weighted by molar-refractivity contribution is 0.472. The number of nitrogens with one attached hydrogen (secondary N) is 1. The van der Waals surface area contributed by atoms with Crippen molar-refractivity contribution in [3.8, 4) is 0 Å². The van der Waals surface area contributed by atoms with Crippen LogP contribution in [0.25, 0.3) is 5.52 Å². The molecule has 0 saturated heterocycles. The fourth-order valence-corrected chi connectivity index (χ4v) is 2.36. The molecule has 0 aromatic carbocycles. The van der Waals surface area contributed by atoms with Crippen molar-refractivity contribution in [3.05, 3.63) is 24.2 Å². The summed E-state index contributed by atoms with van der Waals surface area (Å²) in [5, 5.41) is 7.90. The quantitative estimate of drug-likeness (QED) is 0.826. The number of hydrogen-bond acceptors (Lipinski definition) is 3. The fourth-order valence-electron chi connectivity index (χ4n) is 2.36. The molecule has 2 rings (SSSR count). The van der Waals surface area contributed by atoms with E-state index >= 15 is 0 Å². The Balaban J connectivity index is 2.04. The van der Waals surface area contributed by atoms with Gasteiger partial charge in [-0.15, -0.1) is 0 Å². The van der Waals surface area contributed by atoms with E-state index < -0.39 is 0 Å². The van der Waals surface area contributed by atoms with Gasteiger partial charge in [0.25, 0.3) is 0 Å². The molecule has 0 aliphatic carbocycles. The van der Waals surface area contributed by atoms with Gasteiger partial charge in [-0.2, -0.15) is 5.10 Å². The van der Waals surface area contributed by atoms with Crippen LogP contribution in [0.5, 0.6) is 0 Å². The minimum atomic E-state index is 0.728. The van der Waals surface area contributed by atoms with Crippen molar-refractivity contribution in [2.45, 2.75) is 46.5 Å². The van der Waals surface area contributed by atoms with Gasteiger partial charge in [-0.1, -0.05) is 33.1 Å². The van der Waals surface area contributed by atoms with Crippen LogP contribution in [0, 0.1) is 12.8 Å². The number of aryl methyl sites for hydroxylation is 1. The molecule has 104 valence electrons. The molecule has 0 aliphatic heterocycles. The fraction of sp³-hybridized carbons (Fsp3) is 0.600.